The Morgan fingerprint density at radius 3 is 2.50 bits per heavy atom. The molecule has 0 saturated carbocycles. The summed E-state index contributed by atoms with van der Waals surface area (Å²) in [6.07, 6.45) is -4.69. The highest BCUT2D eigenvalue weighted by molar-refractivity contribution is 7.80. The largest absolute Gasteiger partial charge is 0.417 e. The molecule has 2 N–H and O–H groups in total. The first-order valence-corrected chi connectivity index (χ1v) is 7.39. The van der Waals surface area contributed by atoms with Gasteiger partial charge in [-0.05, 0) is 44.3 Å². The van der Waals surface area contributed by atoms with Crippen molar-refractivity contribution in [3.63, 3.8) is 0 Å². The lowest BCUT2D eigenvalue weighted by Crippen LogP contribution is -2.45. The van der Waals surface area contributed by atoms with E-state index in [9.17, 15) is 13.2 Å². The molecule has 1 aliphatic rings. The maximum absolute atomic E-state index is 13.1. The lowest BCUT2D eigenvalue weighted by molar-refractivity contribution is -0.137. The van der Waals surface area contributed by atoms with Gasteiger partial charge in [-0.25, -0.2) is 0 Å². The maximum atomic E-state index is 13.1. The molecule has 0 aliphatic carbocycles. The standard InChI is InChI=1S/C15H15F3N4OS/c1-14(2)12(20)22(13(24)21(14)5-6-23)10-4-3-9(8-19)11(7-10)15(16,17)18/h3-4,7,20,23H,5-6H2,1-2H3. The van der Waals surface area contributed by atoms with Gasteiger partial charge in [0.15, 0.2) is 5.11 Å². The minimum atomic E-state index is -4.69. The van der Waals surface area contributed by atoms with Gasteiger partial charge in [0, 0.05) is 6.54 Å². The number of hydrogen-bond donors (Lipinski definition) is 2. The molecule has 9 heteroatoms. The molecule has 0 amide bonds. The molecule has 1 heterocycles. The average Bonchev–Trinajstić information content (AvgIpc) is 2.66. The molecule has 1 aromatic rings. The van der Waals surface area contributed by atoms with Gasteiger partial charge in [-0.15, -0.1) is 0 Å². The minimum Gasteiger partial charge on any atom is -0.395 e. The van der Waals surface area contributed by atoms with E-state index in [1.54, 1.807) is 18.7 Å². The van der Waals surface area contributed by atoms with Crippen LogP contribution in [0.3, 0.4) is 0 Å². The van der Waals surface area contributed by atoms with Crippen molar-refractivity contribution in [2.45, 2.75) is 25.6 Å². The Balaban J connectivity index is 2.55. The van der Waals surface area contributed by atoms with Crippen molar-refractivity contribution >= 4 is 28.9 Å². The zero-order valence-electron chi connectivity index (χ0n) is 13.0. The van der Waals surface area contributed by atoms with E-state index in [0.717, 1.165) is 12.1 Å². The summed E-state index contributed by atoms with van der Waals surface area (Å²) in [4.78, 5) is 2.80. The number of aliphatic hydroxyl groups is 1. The molecular weight excluding hydrogens is 341 g/mol. The molecule has 0 unspecified atom stereocenters. The number of halogens is 3. The highest BCUT2D eigenvalue weighted by atomic mass is 32.1. The van der Waals surface area contributed by atoms with E-state index >= 15 is 0 Å². The number of amidine groups is 1. The van der Waals surface area contributed by atoms with Crippen LogP contribution in [0.1, 0.15) is 25.0 Å². The number of nitriles is 1. The van der Waals surface area contributed by atoms with Gasteiger partial charge in [-0.2, -0.15) is 18.4 Å². The molecule has 1 aromatic carbocycles. The topological polar surface area (TPSA) is 74.4 Å². The number of nitrogens with one attached hydrogen (secondary N) is 1. The van der Waals surface area contributed by atoms with E-state index < -0.39 is 22.8 Å². The quantitative estimate of drug-likeness (QED) is 0.815. The van der Waals surface area contributed by atoms with Crippen LogP contribution in [0.5, 0.6) is 0 Å². The summed E-state index contributed by atoms with van der Waals surface area (Å²) in [6.45, 7) is 3.36. The van der Waals surface area contributed by atoms with Gasteiger partial charge in [0.1, 0.15) is 5.84 Å². The van der Waals surface area contributed by atoms with E-state index in [4.69, 9.17) is 28.0 Å². The third-order valence-electron chi connectivity index (χ3n) is 3.91. The molecule has 2 rings (SSSR count). The first kappa shape index (κ1) is 18.2. The van der Waals surface area contributed by atoms with E-state index in [-0.39, 0.29) is 29.8 Å². The van der Waals surface area contributed by atoms with Gasteiger partial charge in [0.25, 0.3) is 0 Å². The molecule has 0 spiro atoms. The van der Waals surface area contributed by atoms with Crippen molar-refractivity contribution in [3.05, 3.63) is 29.3 Å². The third kappa shape index (κ3) is 2.83. The molecular formula is C15H15F3N4OS. The van der Waals surface area contributed by atoms with Crippen molar-refractivity contribution in [2.75, 3.05) is 18.1 Å². The molecule has 0 bridgehead atoms. The number of benzene rings is 1. The van der Waals surface area contributed by atoms with Gasteiger partial charge < -0.3 is 10.0 Å². The molecule has 1 aliphatic heterocycles. The Bertz CT molecular complexity index is 739. The normalized spacial score (nSPS) is 17.4. The Labute approximate surface area is 142 Å². The summed E-state index contributed by atoms with van der Waals surface area (Å²) < 4.78 is 39.4. The van der Waals surface area contributed by atoms with Gasteiger partial charge in [0.05, 0.1) is 35.0 Å². The van der Waals surface area contributed by atoms with E-state index in [1.807, 2.05) is 0 Å². The van der Waals surface area contributed by atoms with Crippen LogP contribution in [-0.4, -0.2) is 39.6 Å². The lowest BCUT2D eigenvalue weighted by Gasteiger charge is -2.29. The molecule has 128 valence electrons. The number of thiocarbonyl (C=S) groups is 1. The highest BCUT2D eigenvalue weighted by Crippen LogP contribution is 2.37. The molecule has 1 fully saturated rings. The fraction of sp³-hybridized carbons (Fsp3) is 0.400. The Kier molecular flexibility index (Phi) is 4.57. The number of β-amino-alcohol motifs (C(OH)–C–C–N with tert-alkyl or cyclic N) is 1. The SMILES string of the molecule is CC1(C)C(=N)N(c2ccc(C#N)c(C(F)(F)F)c2)C(=S)N1CCO. The van der Waals surface area contributed by atoms with Gasteiger partial charge in [-0.1, -0.05) is 0 Å². The summed E-state index contributed by atoms with van der Waals surface area (Å²) in [5.41, 5.74) is -2.37. The summed E-state index contributed by atoms with van der Waals surface area (Å²) in [5, 5.41) is 26.4. The monoisotopic (exact) mass is 356 g/mol. The summed E-state index contributed by atoms with van der Waals surface area (Å²) in [5.74, 6) is -0.00113. The van der Waals surface area contributed by atoms with Crippen molar-refractivity contribution in [3.8, 4) is 6.07 Å². The Morgan fingerprint density at radius 1 is 1.38 bits per heavy atom. The number of nitrogens with zero attached hydrogens (tertiary/aromatic N) is 3. The van der Waals surface area contributed by atoms with Crippen LogP contribution in [0, 0.1) is 16.7 Å². The van der Waals surface area contributed by atoms with Crippen LogP contribution in [0.15, 0.2) is 18.2 Å². The minimum absolute atomic E-state index is 0.00113. The summed E-state index contributed by atoms with van der Waals surface area (Å²) in [6, 6.07) is 4.73. The van der Waals surface area contributed by atoms with Crippen molar-refractivity contribution in [1.82, 2.24) is 4.90 Å². The van der Waals surface area contributed by atoms with Crippen molar-refractivity contribution in [2.24, 2.45) is 0 Å². The number of alkyl halides is 3. The van der Waals surface area contributed by atoms with Crippen LogP contribution in [0.25, 0.3) is 0 Å². The molecule has 5 nitrogen and oxygen atoms in total. The van der Waals surface area contributed by atoms with Crippen molar-refractivity contribution < 1.29 is 18.3 Å². The zero-order valence-corrected chi connectivity index (χ0v) is 13.8. The average molecular weight is 356 g/mol. The van der Waals surface area contributed by atoms with Crippen LogP contribution in [0.2, 0.25) is 0 Å². The van der Waals surface area contributed by atoms with Crippen molar-refractivity contribution in [1.29, 1.82) is 10.7 Å². The molecule has 0 atom stereocenters. The second-order valence-electron chi connectivity index (χ2n) is 5.74. The number of aliphatic hydroxyl groups excluding tert-OH is 1. The number of hydrogen-bond acceptors (Lipinski definition) is 4. The van der Waals surface area contributed by atoms with E-state index in [0.29, 0.717) is 0 Å². The van der Waals surface area contributed by atoms with Gasteiger partial charge >= 0.3 is 6.18 Å². The summed E-state index contributed by atoms with van der Waals surface area (Å²) in [7, 11) is 0. The van der Waals surface area contributed by atoms with Crippen LogP contribution < -0.4 is 4.90 Å². The fourth-order valence-electron chi connectivity index (χ4n) is 2.57. The van der Waals surface area contributed by atoms with Crippen LogP contribution in [0.4, 0.5) is 18.9 Å². The van der Waals surface area contributed by atoms with E-state index in [1.165, 1.54) is 17.0 Å². The maximum Gasteiger partial charge on any atom is 0.417 e. The Morgan fingerprint density at radius 2 is 2.00 bits per heavy atom. The molecule has 0 aromatic heterocycles. The zero-order chi connectivity index (χ0) is 18.3. The Hall–Kier alpha value is -2.18. The fourth-order valence-corrected chi connectivity index (χ4v) is 3.09. The first-order chi connectivity index (χ1) is 11.1. The second kappa shape index (κ2) is 6.03. The first-order valence-electron chi connectivity index (χ1n) is 6.98. The molecule has 24 heavy (non-hydrogen) atoms. The van der Waals surface area contributed by atoms with Gasteiger partial charge in [-0.3, -0.25) is 10.3 Å². The second-order valence-corrected chi connectivity index (χ2v) is 6.11. The highest BCUT2D eigenvalue weighted by Gasteiger charge is 2.46. The number of anilines is 1. The summed E-state index contributed by atoms with van der Waals surface area (Å²) >= 11 is 5.29. The smallest absolute Gasteiger partial charge is 0.395 e. The predicted octanol–water partition coefficient (Wildman–Crippen LogP) is 2.73. The van der Waals surface area contributed by atoms with Gasteiger partial charge in [0.2, 0.25) is 0 Å². The lowest BCUT2D eigenvalue weighted by atomic mass is 10.0. The molecule has 0 radical (unpaired) electrons. The number of rotatable bonds is 3. The molecule has 1 saturated heterocycles. The third-order valence-corrected chi connectivity index (χ3v) is 4.31. The van der Waals surface area contributed by atoms with E-state index in [2.05, 4.69) is 0 Å². The predicted molar refractivity (Wildman–Crippen MR) is 86.8 cm³/mol. The van der Waals surface area contributed by atoms with Crippen LogP contribution >= 0.6 is 12.2 Å². The van der Waals surface area contributed by atoms with Crippen LogP contribution in [-0.2, 0) is 6.18 Å².